The van der Waals surface area contributed by atoms with E-state index in [-0.39, 0.29) is 29.6 Å². The Bertz CT molecular complexity index is 1030. The first-order valence-corrected chi connectivity index (χ1v) is 13.4. The number of hydrogen-bond acceptors (Lipinski definition) is 4. The van der Waals surface area contributed by atoms with Crippen LogP contribution in [-0.4, -0.2) is 52.8 Å². The molecule has 0 bridgehead atoms. The zero-order valence-electron chi connectivity index (χ0n) is 22.7. The molecule has 37 heavy (non-hydrogen) atoms. The topological polar surface area (TPSA) is 61.9 Å². The second-order valence-corrected chi connectivity index (χ2v) is 11.5. The van der Waals surface area contributed by atoms with Crippen molar-refractivity contribution in [2.75, 3.05) is 19.6 Å². The number of hydrogen-bond donors (Lipinski definition) is 1. The van der Waals surface area contributed by atoms with Crippen LogP contribution in [0.2, 0.25) is 0 Å². The molecule has 2 saturated heterocycles. The van der Waals surface area contributed by atoms with Crippen molar-refractivity contribution in [3.8, 4) is 11.5 Å². The monoisotopic (exact) mass is 527 g/mol. The van der Waals surface area contributed by atoms with E-state index in [1.807, 2.05) is 47.4 Å². The van der Waals surface area contributed by atoms with Crippen LogP contribution in [0.1, 0.15) is 65.4 Å². The van der Waals surface area contributed by atoms with E-state index in [2.05, 4.69) is 50.0 Å². The van der Waals surface area contributed by atoms with Crippen molar-refractivity contribution in [2.45, 2.75) is 77.9 Å². The Morgan fingerprint density at radius 1 is 0.973 bits per heavy atom. The zero-order chi connectivity index (χ0) is 25.8. The van der Waals surface area contributed by atoms with E-state index >= 15 is 0 Å². The standard InChI is InChI=1S/C30H41N3O3.ClH/c1-5-6-18-33-27(34)26(21-29(2,3)4)31-28(35)30(33)16-19-32(20-17-30)22-23-12-14-25(15-13-23)36-24-10-8-7-9-11-24;/h7-15,26H,5-6,16-22H2,1-4H3,(H,31,35);1H/t26-;/m0./s1. The molecule has 2 aliphatic heterocycles. The minimum absolute atomic E-state index is 0. The number of amides is 2. The molecule has 0 radical (unpaired) electrons. The van der Waals surface area contributed by atoms with Gasteiger partial charge in [0.1, 0.15) is 23.1 Å². The number of unbranched alkanes of at least 4 members (excludes halogenated alkanes) is 1. The molecule has 1 atom stereocenters. The van der Waals surface area contributed by atoms with Crippen LogP contribution in [0.15, 0.2) is 54.6 Å². The van der Waals surface area contributed by atoms with Crippen molar-refractivity contribution in [2.24, 2.45) is 5.41 Å². The first-order chi connectivity index (χ1) is 17.2. The molecule has 2 heterocycles. The van der Waals surface area contributed by atoms with Crippen molar-refractivity contribution in [1.29, 1.82) is 0 Å². The summed E-state index contributed by atoms with van der Waals surface area (Å²) >= 11 is 0. The molecular formula is C30H42ClN3O3. The average molecular weight is 528 g/mol. The molecule has 7 heteroatoms. The van der Waals surface area contributed by atoms with Crippen LogP contribution in [-0.2, 0) is 16.1 Å². The van der Waals surface area contributed by atoms with Crippen LogP contribution in [0.3, 0.4) is 0 Å². The van der Waals surface area contributed by atoms with Crippen LogP contribution in [0.25, 0.3) is 0 Å². The highest BCUT2D eigenvalue weighted by Crippen LogP contribution is 2.36. The number of ether oxygens (including phenoxy) is 1. The number of nitrogens with one attached hydrogen (secondary N) is 1. The van der Waals surface area contributed by atoms with Gasteiger partial charge in [-0.25, -0.2) is 0 Å². The predicted molar refractivity (Wildman–Crippen MR) is 150 cm³/mol. The lowest BCUT2D eigenvalue weighted by Gasteiger charge is -2.52. The number of carbonyl (C=O) groups excluding carboxylic acids is 2. The largest absolute Gasteiger partial charge is 0.457 e. The minimum Gasteiger partial charge on any atom is -0.457 e. The maximum absolute atomic E-state index is 13.5. The third-order valence-corrected chi connectivity index (χ3v) is 7.35. The predicted octanol–water partition coefficient (Wildman–Crippen LogP) is 5.80. The summed E-state index contributed by atoms with van der Waals surface area (Å²) in [4.78, 5) is 31.4. The summed E-state index contributed by atoms with van der Waals surface area (Å²) in [5.41, 5.74) is 0.466. The summed E-state index contributed by atoms with van der Waals surface area (Å²) in [6, 6.07) is 17.6. The van der Waals surface area contributed by atoms with Crippen LogP contribution in [0.4, 0.5) is 0 Å². The second kappa shape index (κ2) is 12.3. The molecule has 2 aromatic rings. The molecule has 4 rings (SSSR count). The van der Waals surface area contributed by atoms with Gasteiger partial charge >= 0.3 is 0 Å². The normalized spacial score (nSPS) is 19.9. The smallest absolute Gasteiger partial charge is 0.246 e. The van der Waals surface area contributed by atoms with Crippen molar-refractivity contribution in [1.82, 2.24) is 15.1 Å². The highest BCUT2D eigenvalue weighted by atomic mass is 35.5. The molecule has 2 fully saturated rings. The lowest BCUT2D eigenvalue weighted by Crippen LogP contribution is -2.73. The van der Waals surface area contributed by atoms with E-state index in [1.54, 1.807) is 0 Å². The summed E-state index contributed by atoms with van der Waals surface area (Å²) in [5, 5.41) is 3.12. The highest BCUT2D eigenvalue weighted by molar-refractivity contribution is 6.00. The van der Waals surface area contributed by atoms with Crippen LogP contribution < -0.4 is 10.1 Å². The zero-order valence-corrected chi connectivity index (χ0v) is 23.5. The van der Waals surface area contributed by atoms with Gasteiger partial charge in [0.15, 0.2) is 0 Å². The quantitative estimate of drug-likeness (QED) is 0.471. The van der Waals surface area contributed by atoms with Gasteiger partial charge in [-0.1, -0.05) is 64.4 Å². The number of rotatable bonds is 8. The summed E-state index contributed by atoms with van der Waals surface area (Å²) in [6.07, 6.45) is 3.93. The van der Waals surface area contributed by atoms with Gasteiger partial charge < -0.3 is 15.0 Å². The van der Waals surface area contributed by atoms with E-state index in [1.165, 1.54) is 5.56 Å². The lowest BCUT2D eigenvalue weighted by atomic mass is 9.79. The summed E-state index contributed by atoms with van der Waals surface area (Å²) in [6.45, 7) is 11.5. The van der Waals surface area contributed by atoms with Crippen molar-refractivity contribution >= 4 is 24.2 Å². The third kappa shape index (κ3) is 7.05. The molecule has 0 aliphatic carbocycles. The molecule has 0 unspecified atom stereocenters. The van der Waals surface area contributed by atoms with Crippen molar-refractivity contribution in [3.05, 3.63) is 60.2 Å². The Kier molecular flexibility index (Phi) is 9.65. The number of nitrogens with zero attached hydrogens (tertiary/aromatic N) is 2. The van der Waals surface area contributed by atoms with Gasteiger partial charge in [0.2, 0.25) is 11.8 Å². The number of halogens is 1. The van der Waals surface area contributed by atoms with Gasteiger partial charge in [-0.3, -0.25) is 14.5 Å². The Morgan fingerprint density at radius 2 is 1.59 bits per heavy atom. The molecule has 1 N–H and O–H groups in total. The van der Waals surface area contributed by atoms with E-state index < -0.39 is 11.6 Å². The average Bonchev–Trinajstić information content (AvgIpc) is 2.85. The van der Waals surface area contributed by atoms with E-state index in [9.17, 15) is 9.59 Å². The SMILES string of the molecule is CCCCN1C(=O)[C@H](CC(C)(C)C)NC(=O)C12CCN(Cc1ccc(Oc3ccccc3)cc1)CC2.Cl. The van der Waals surface area contributed by atoms with Crippen LogP contribution in [0.5, 0.6) is 11.5 Å². The molecule has 2 aromatic carbocycles. The van der Waals surface area contributed by atoms with Crippen LogP contribution >= 0.6 is 12.4 Å². The fraction of sp³-hybridized carbons (Fsp3) is 0.533. The van der Waals surface area contributed by atoms with Crippen LogP contribution in [0, 0.1) is 5.41 Å². The number of piperazine rings is 1. The fourth-order valence-corrected chi connectivity index (χ4v) is 5.39. The molecule has 202 valence electrons. The van der Waals surface area contributed by atoms with Gasteiger partial charge in [0.05, 0.1) is 0 Å². The molecule has 0 aromatic heterocycles. The van der Waals surface area contributed by atoms with Gasteiger partial charge in [0.25, 0.3) is 0 Å². The highest BCUT2D eigenvalue weighted by Gasteiger charge is 2.53. The summed E-state index contributed by atoms with van der Waals surface area (Å²) in [7, 11) is 0. The van der Waals surface area contributed by atoms with E-state index in [0.717, 1.165) is 44.0 Å². The number of benzene rings is 2. The van der Waals surface area contributed by atoms with E-state index in [4.69, 9.17) is 4.74 Å². The third-order valence-electron chi connectivity index (χ3n) is 7.35. The Hall–Kier alpha value is -2.57. The summed E-state index contributed by atoms with van der Waals surface area (Å²) < 4.78 is 5.91. The Labute approximate surface area is 228 Å². The number of para-hydroxylation sites is 1. The maximum atomic E-state index is 13.5. The first-order valence-electron chi connectivity index (χ1n) is 13.4. The van der Waals surface area contributed by atoms with Gasteiger partial charge in [-0.05, 0) is 60.9 Å². The first kappa shape index (κ1) is 29.0. The molecule has 2 amide bonds. The minimum atomic E-state index is -0.718. The van der Waals surface area contributed by atoms with Gasteiger partial charge in [-0.2, -0.15) is 0 Å². The molecule has 6 nitrogen and oxygen atoms in total. The number of piperidine rings is 1. The van der Waals surface area contributed by atoms with Gasteiger partial charge in [-0.15, -0.1) is 12.4 Å². The fourth-order valence-electron chi connectivity index (χ4n) is 5.39. The Morgan fingerprint density at radius 3 is 2.19 bits per heavy atom. The second-order valence-electron chi connectivity index (χ2n) is 11.5. The summed E-state index contributed by atoms with van der Waals surface area (Å²) in [5.74, 6) is 1.77. The molecule has 1 spiro atoms. The number of carbonyl (C=O) groups is 2. The van der Waals surface area contributed by atoms with Gasteiger partial charge in [0, 0.05) is 26.2 Å². The number of likely N-dealkylation sites (tertiary alicyclic amines) is 1. The molecule has 2 aliphatic rings. The molecule has 0 saturated carbocycles. The van der Waals surface area contributed by atoms with Crippen molar-refractivity contribution < 1.29 is 14.3 Å². The Balaban J connectivity index is 0.00000380. The lowest BCUT2D eigenvalue weighted by molar-refractivity contribution is -0.162. The maximum Gasteiger partial charge on any atom is 0.246 e. The molecular weight excluding hydrogens is 486 g/mol. The van der Waals surface area contributed by atoms with Crippen molar-refractivity contribution in [3.63, 3.8) is 0 Å². The van der Waals surface area contributed by atoms with E-state index in [0.29, 0.717) is 25.8 Å².